The van der Waals surface area contributed by atoms with Crippen molar-refractivity contribution < 1.29 is 4.74 Å². The molecular formula is C18H22N2OS. The Bertz CT molecular complexity index is 642. The zero-order valence-electron chi connectivity index (χ0n) is 13.2. The van der Waals surface area contributed by atoms with E-state index in [1.807, 2.05) is 24.3 Å². The first kappa shape index (κ1) is 16.3. The maximum Gasteiger partial charge on any atom is 0.171 e. The summed E-state index contributed by atoms with van der Waals surface area (Å²) in [5, 5.41) is 7.21. The lowest BCUT2D eigenvalue weighted by molar-refractivity contribution is 0.415. The Morgan fingerprint density at radius 3 is 2.64 bits per heavy atom. The van der Waals surface area contributed by atoms with E-state index in [0.29, 0.717) is 5.11 Å². The molecule has 0 radical (unpaired) electrons. The Labute approximate surface area is 137 Å². The Morgan fingerprint density at radius 1 is 1.18 bits per heavy atom. The average Bonchev–Trinajstić information content (AvgIpc) is 2.53. The van der Waals surface area contributed by atoms with Crippen LogP contribution in [0.4, 0.5) is 5.69 Å². The van der Waals surface area contributed by atoms with Crippen molar-refractivity contribution in [3.05, 3.63) is 59.7 Å². The van der Waals surface area contributed by atoms with Crippen LogP contribution in [0.3, 0.4) is 0 Å². The topological polar surface area (TPSA) is 33.3 Å². The largest absolute Gasteiger partial charge is 0.497 e. The van der Waals surface area contributed by atoms with Gasteiger partial charge < -0.3 is 15.4 Å². The molecule has 4 heteroatoms. The summed E-state index contributed by atoms with van der Waals surface area (Å²) in [6.45, 7) is 4.27. The normalized spacial score (nSPS) is 11.6. The predicted molar refractivity (Wildman–Crippen MR) is 96.6 cm³/mol. The molecule has 2 rings (SSSR count). The molecule has 0 fully saturated rings. The van der Waals surface area contributed by atoms with Crippen LogP contribution in [0.25, 0.3) is 0 Å². The van der Waals surface area contributed by atoms with Crippen molar-refractivity contribution >= 4 is 23.0 Å². The lowest BCUT2D eigenvalue weighted by Crippen LogP contribution is -2.32. The average molecular weight is 314 g/mol. The maximum atomic E-state index is 5.44. The number of anilines is 1. The Hall–Kier alpha value is -2.07. The van der Waals surface area contributed by atoms with Gasteiger partial charge in [-0.15, -0.1) is 0 Å². The second-order valence-corrected chi connectivity index (χ2v) is 5.56. The summed E-state index contributed by atoms with van der Waals surface area (Å²) in [5.74, 6) is 0.804. The van der Waals surface area contributed by atoms with E-state index in [2.05, 4.69) is 48.7 Å². The molecular weight excluding hydrogens is 292 g/mol. The molecule has 0 amide bonds. The van der Waals surface area contributed by atoms with E-state index in [1.165, 1.54) is 11.1 Å². The summed E-state index contributed by atoms with van der Waals surface area (Å²) in [6.07, 6.45) is 0.963. The van der Waals surface area contributed by atoms with E-state index in [9.17, 15) is 0 Å². The minimum Gasteiger partial charge on any atom is -0.497 e. The number of methoxy groups -OCH3 is 1. The standard InChI is InChI=1S/C18H22N2OS/c1-4-17(16-11-6-5-8-13(16)2)20-18(22)19-14-9-7-10-15(12-14)21-3/h5-12,17H,4H2,1-3H3,(H2,19,20,22). The number of hydrogen-bond acceptors (Lipinski definition) is 2. The van der Waals surface area contributed by atoms with Crippen LogP contribution in [0.1, 0.15) is 30.5 Å². The van der Waals surface area contributed by atoms with E-state index in [1.54, 1.807) is 7.11 Å². The third kappa shape index (κ3) is 4.21. The number of ether oxygens (including phenoxy) is 1. The van der Waals surface area contributed by atoms with Crippen molar-refractivity contribution in [3.63, 3.8) is 0 Å². The number of nitrogens with one attached hydrogen (secondary N) is 2. The highest BCUT2D eigenvalue weighted by molar-refractivity contribution is 7.80. The predicted octanol–water partition coefficient (Wildman–Crippen LogP) is 4.44. The van der Waals surface area contributed by atoms with Crippen molar-refractivity contribution in [2.75, 3.05) is 12.4 Å². The second kappa shape index (κ2) is 7.80. The van der Waals surface area contributed by atoms with Crippen molar-refractivity contribution in [3.8, 4) is 5.75 Å². The van der Waals surface area contributed by atoms with Gasteiger partial charge in [-0.05, 0) is 48.8 Å². The van der Waals surface area contributed by atoms with Crippen LogP contribution in [0, 0.1) is 6.92 Å². The van der Waals surface area contributed by atoms with Crippen LogP contribution in [0.5, 0.6) is 5.75 Å². The van der Waals surface area contributed by atoms with E-state index < -0.39 is 0 Å². The van der Waals surface area contributed by atoms with Gasteiger partial charge in [0.25, 0.3) is 0 Å². The second-order valence-electron chi connectivity index (χ2n) is 5.15. The summed E-state index contributed by atoms with van der Waals surface area (Å²) in [7, 11) is 1.65. The molecule has 22 heavy (non-hydrogen) atoms. The summed E-state index contributed by atoms with van der Waals surface area (Å²) in [5.41, 5.74) is 3.46. The number of thiocarbonyl (C=S) groups is 1. The summed E-state index contributed by atoms with van der Waals surface area (Å²) in [4.78, 5) is 0. The molecule has 2 N–H and O–H groups in total. The Balaban J connectivity index is 2.05. The monoisotopic (exact) mass is 314 g/mol. The zero-order valence-corrected chi connectivity index (χ0v) is 14.0. The number of hydrogen-bond donors (Lipinski definition) is 2. The smallest absolute Gasteiger partial charge is 0.171 e. The minimum atomic E-state index is 0.201. The third-order valence-corrected chi connectivity index (χ3v) is 3.82. The van der Waals surface area contributed by atoms with Gasteiger partial charge >= 0.3 is 0 Å². The van der Waals surface area contributed by atoms with Gasteiger partial charge in [-0.25, -0.2) is 0 Å². The SMILES string of the molecule is CCC(NC(=S)Nc1cccc(OC)c1)c1ccccc1C. The fourth-order valence-electron chi connectivity index (χ4n) is 2.40. The maximum absolute atomic E-state index is 5.44. The van der Waals surface area contributed by atoms with Gasteiger partial charge in [0.15, 0.2) is 5.11 Å². The molecule has 1 unspecified atom stereocenters. The van der Waals surface area contributed by atoms with Crippen LogP contribution < -0.4 is 15.4 Å². The first-order chi connectivity index (χ1) is 10.6. The van der Waals surface area contributed by atoms with Crippen LogP contribution in [0.15, 0.2) is 48.5 Å². The molecule has 0 bridgehead atoms. The molecule has 2 aromatic carbocycles. The van der Waals surface area contributed by atoms with E-state index in [4.69, 9.17) is 17.0 Å². The van der Waals surface area contributed by atoms with Crippen LogP contribution in [0.2, 0.25) is 0 Å². The molecule has 2 aromatic rings. The Kier molecular flexibility index (Phi) is 5.78. The lowest BCUT2D eigenvalue weighted by Gasteiger charge is -2.21. The molecule has 0 aliphatic carbocycles. The molecule has 3 nitrogen and oxygen atoms in total. The molecule has 0 saturated carbocycles. The zero-order chi connectivity index (χ0) is 15.9. The van der Waals surface area contributed by atoms with Crippen LogP contribution in [-0.2, 0) is 0 Å². The number of aryl methyl sites for hydroxylation is 1. The van der Waals surface area contributed by atoms with Gasteiger partial charge in [0, 0.05) is 11.8 Å². The van der Waals surface area contributed by atoms with Gasteiger partial charge in [0.1, 0.15) is 5.75 Å². The van der Waals surface area contributed by atoms with Crippen LogP contribution >= 0.6 is 12.2 Å². The fraction of sp³-hybridized carbons (Fsp3) is 0.278. The molecule has 0 aliphatic rings. The number of rotatable bonds is 5. The fourth-order valence-corrected chi connectivity index (χ4v) is 2.66. The van der Waals surface area contributed by atoms with E-state index in [0.717, 1.165) is 17.9 Å². The Morgan fingerprint density at radius 2 is 1.95 bits per heavy atom. The van der Waals surface area contributed by atoms with Gasteiger partial charge in [-0.3, -0.25) is 0 Å². The quantitative estimate of drug-likeness (QED) is 0.799. The summed E-state index contributed by atoms with van der Waals surface area (Å²) >= 11 is 5.44. The summed E-state index contributed by atoms with van der Waals surface area (Å²) < 4.78 is 5.22. The molecule has 0 saturated heterocycles. The lowest BCUT2D eigenvalue weighted by atomic mass is 10.00. The molecule has 1 atom stereocenters. The van der Waals surface area contributed by atoms with Gasteiger partial charge in [-0.2, -0.15) is 0 Å². The minimum absolute atomic E-state index is 0.201. The highest BCUT2D eigenvalue weighted by Crippen LogP contribution is 2.21. The van der Waals surface area contributed by atoms with E-state index >= 15 is 0 Å². The van der Waals surface area contributed by atoms with Gasteiger partial charge in [0.05, 0.1) is 13.2 Å². The van der Waals surface area contributed by atoms with Gasteiger partial charge in [-0.1, -0.05) is 37.3 Å². The van der Waals surface area contributed by atoms with Crippen LogP contribution in [-0.4, -0.2) is 12.2 Å². The highest BCUT2D eigenvalue weighted by Gasteiger charge is 2.12. The molecule has 0 aliphatic heterocycles. The van der Waals surface area contributed by atoms with Crippen molar-refractivity contribution in [2.24, 2.45) is 0 Å². The van der Waals surface area contributed by atoms with Crippen molar-refractivity contribution in [1.82, 2.24) is 5.32 Å². The molecule has 0 aromatic heterocycles. The highest BCUT2D eigenvalue weighted by atomic mass is 32.1. The first-order valence-electron chi connectivity index (χ1n) is 7.41. The summed E-state index contributed by atoms with van der Waals surface area (Å²) in [6, 6.07) is 16.3. The van der Waals surface area contributed by atoms with E-state index in [-0.39, 0.29) is 6.04 Å². The van der Waals surface area contributed by atoms with Crippen molar-refractivity contribution in [2.45, 2.75) is 26.3 Å². The molecule has 0 spiro atoms. The van der Waals surface area contributed by atoms with Gasteiger partial charge in [0.2, 0.25) is 0 Å². The first-order valence-corrected chi connectivity index (χ1v) is 7.82. The molecule has 116 valence electrons. The third-order valence-electron chi connectivity index (χ3n) is 3.61. The number of benzene rings is 2. The van der Waals surface area contributed by atoms with Crippen molar-refractivity contribution in [1.29, 1.82) is 0 Å². The molecule has 0 heterocycles.